The molecule has 0 atom stereocenters. The zero-order valence-corrected chi connectivity index (χ0v) is 15.5. The van der Waals surface area contributed by atoms with Crippen LogP contribution in [0.25, 0.3) is 11.3 Å². The van der Waals surface area contributed by atoms with Crippen LogP contribution in [0.3, 0.4) is 0 Å². The molecule has 0 saturated carbocycles. The Morgan fingerprint density at radius 2 is 1.83 bits per heavy atom. The molecule has 9 heteroatoms. The second-order valence-corrected chi connectivity index (χ2v) is 6.76. The molecule has 0 radical (unpaired) electrons. The lowest BCUT2D eigenvalue weighted by Gasteiger charge is -2.16. The minimum absolute atomic E-state index is 0.198. The van der Waals surface area contributed by atoms with E-state index in [9.17, 15) is 24.1 Å². The Bertz CT molecular complexity index is 1160. The third-order valence-corrected chi connectivity index (χ3v) is 4.81. The number of nitrogens with zero attached hydrogens (tertiary/aromatic N) is 3. The van der Waals surface area contributed by atoms with E-state index in [4.69, 9.17) is 0 Å². The number of carbonyl (C=O) groups excluding carboxylic acids is 2. The van der Waals surface area contributed by atoms with Gasteiger partial charge >= 0.3 is 11.7 Å². The number of anilines is 1. The Hall–Kier alpha value is -4.14. The SMILES string of the molecule is O=Cc1ccc2c(c1)CN(C(=O)Nc1nc(-c3ccc(F)cc3)ccc1[N+](=O)[O-])C2. The molecule has 8 nitrogen and oxygen atoms in total. The van der Waals surface area contributed by atoms with Crippen LogP contribution in [0, 0.1) is 15.9 Å². The molecule has 4 rings (SSSR count). The smallest absolute Gasteiger partial charge is 0.316 e. The van der Waals surface area contributed by atoms with Gasteiger partial charge in [0.05, 0.1) is 10.6 Å². The third-order valence-electron chi connectivity index (χ3n) is 4.81. The molecular weight excluding hydrogens is 391 g/mol. The van der Waals surface area contributed by atoms with E-state index in [0.29, 0.717) is 23.4 Å². The highest BCUT2D eigenvalue weighted by molar-refractivity contribution is 5.91. The van der Waals surface area contributed by atoms with Gasteiger partial charge in [-0.3, -0.25) is 20.2 Å². The van der Waals surface area contributed by atoms with Crippen LogP contribution >= 0.6 is 0 Å². The zero-order chi connectivity index (χ0) is 21.3. The lowest BCUT2D eigenvalue weighted by molar-refractivity contribution is -0.384. The number of nitro groups is 1. The van der Waals surface area contributed by atoms with Crippen LogP contribution in [0.2, 0.25) is 0 Å². The van der Waals surface area contributed by atoms with Gasteiger partial charge < -0.3 is 4.90 Å². The summed E-state index contributed by atoms with van der Waals surface area (Å²) in [5, 5.41) is 13.9. The number of aromatic nitrogens is 1. The van der Waals surface area contributed by atoms with E-state index in [1.807, 2.05) is 0 Å². The quantitative estimate of drug-likeness (QED) is 0.398. The highest BCUT2D eigenvalue weighted by Gasteiger charge is 2.26. The number of halogens is 1. The van der Waals surface area contributed by atoms with E-state index >= 15 is 0 Å². The summed E-state index contributed by atoms with van der Waals surface area (Å²) in [6, 6.07) is 12.8. The van der Waals surface area contributed by atoms with Gasteiger partial charge in [0.1, 0.15) is 12.1 Å². The van der Waals surface area contributed by atoms with Gasteiger partial charge in [0.15, 0.2) is 0 Å². The molecule has 1 N–H and O–H groups in total. The summed E-state index contributed by atoms with van der Waals surface area (Å²) in [5.74, 6) is -0.614. The van der Waals surface area contributed by atoms with Crippen molar-refractivity contribution in [2.45, 2.75) is 13.1 Å². The van der Waals surface area contributed by atoms with E-state index in [1.54, 1.807) is 18.2 Å². The molecule has 2 aromatic carbocycles. The molecule has 0 saturated heterocycles. The van der Waals surface area contributed by atoms with E-state index < -0.39 is 16.8 Å². The molecule has 1 aliphatic heterocycles. The van der Waals surface area contributed by atoms with Crippen molar-refractivity contribution in [3.05, 3.63) is 87.2 Å². The Labute approximate surface area is 170 Å². The summed E-state index contributed by atoms with van der Waals surface area (Å²) < 4.78 is 13.2. The first kappa shape index (κ1) is 19.2. The number of benzene rings is 2. The van der Waals surface area contributed by atoms with Gasteiger partial charge in [-0.2, -0.15) is 0 Å². The predicted octanol–water partition coefficient (Wildman–Crippen LogP) is 4.16. The van der Waals surface area contributed by atoms with E-state index in [1.165, 1.54) is 41.3 Å². The first-order valence-corrected chi connectivity index (χ1v) is 8.99. The maximum Gasteiger partial charge on any atom is 0.323 e. The van der Waals surface area contributed by atoms with Crippen LogP contribution in [0.5, 0.6) is 0 Å². The number of urea groups is 1. The van der Waals surface area contributed by atoms with Gasteiger partial charge in [-0.05, 0) is 47.5 Å². The Kier molecular flexibility index (Phi) is 4.93. The third kappa shape index (κ3) is 3.72. The second kappa shape index (κ2) is 7.70. The molecule has 2 heterocycles. The predicted molar refractivity (Wildman–Crippen MR) is 106 cm³/mol. The van der Waals surface area contributed by atoms with Crippen LogP contribution in [-0.4, -0.2) is 27.1 Å². The first-order valence-electron chi connectivity index (χ1n) is 8.99. The molecule has 150 valence electrons. The molecule has 30 heavy (non-hydrogen) atoms. The standard InChI is InChI=1S/C21H15FN4O4/c22-17-5-3-14(4-6-17)18-7-8-19(26(29)30)20(23-18)24-21(28)25-10-15-2-1-13(12-27)9-16(15)11-25/h1-9,12H,10-11H2,(H,23,24,28). The Balaban J connectivity index is 1.59. The number of pyridine rings is 1. The summed E-state index contributed by atoms with van der Waals surface area (Å²) in [6.45, 7) is 0.583. The molecule has 0 spiro atoms. The molecule has 0 bridgehead atoms. The number of fused-ring (bicyclic) bond motifs is 1. The van der Waals surface area contributed by atoms with Gasteiger partial charge in [-0.25, -0.2) is 14.2 Å². The minimum Gasteiger partial charge on any atom is -0.316 e. The number of carbonyl (C=O) groups is 2. The number of hydrogen-bond donors (Lipinski definition) is 1. The lowest BCUT2D eigenvalue weighted by atomic mass is 10.1. The largest absolute Gasteiger partial charge is 0.323 e. The van der Waals surface area contributed by atoms with Crippen LogP contribution in [0.1, 0.15) is 21.5 Å². The maximum absolute atomic E-state index is 13.2. The molecule has 3 aromatic rings. The Morgan fingerprint density at radius 1 is 1.10 bits per heavy atom. The zero-order valence-electron chi connectivity index (χ0n) is 15.5. The fraction of sp³-hybridized carbons (Fsp3) is 0.0952. The van der Waals surface area contributed by atoms with Crippen LogP contribution in [-0.2, 0) is 13.1 Å². The molecule has 1 aliphatic rings. The summed E-state index contributed by atoms with van der Waals surface area (Å²) in [5.41, 5.74) is 2.82. The second-order valence-electron chi connectivity index (χ2n) is 6.76. The highest BCUT2D eigenvalue weighted by atomic mass is 19.1. The fourth-order valence-electron chi connectivity index (χ4n) is 3.28. The normalized spacial score (nSPS) is 12.4. The molecule has 2 amide bonds. The topological polar surface area (TPSA) is 105 Å². The number of amides is 2. The average molecular weight is 406 g/mol. The molecule has 0 aliphatic carbocycles. The fourth-order valence-corrected chi connectivity index (χ4v) is 3.28. The van der Waals surface area contributed by atoms with Crippen molar-refractivity contribution in [2.24, 2.45) is 0 Å². The van der Waals surface area contributed by atoms with Gasteiger partial charge in [0.25, 0.3) is 0 Å². The van der Waals surface area contributed by atoms with Gasteiger partial charge in [0, 0.05) is 30.3 Å². The minimum atomic E-state index is -0.633. The van der Waals surface area contributed by atoms with Crippen molar-refractivity contribution in [3.63, 3.8) is 0 Å². The van der Waals surface area contributed by atoms with Crippen LogP contribution < -0.4 is 5.32 Å². The molecule has 0 fully saturated rings. The summed E-state index contributed by atoms with van der Waals surface area (Å²) in [4.78, 5) is 40.1. The van der Waals surface area contributed by atoms with E-state index in [0.717, 1.165) is 17.4 Å². The number of rotatable bonds is 4. The lowest BCUT2D eigenvalue weighted by Crippen LogP contribution is -2.30. The van der Waals surface area contributed by atoms with Gasteiger partial charge in [-0.15, -0.1) is 0 Å². The average Bonchev–Trinajstić information content (AvgIpc) is 3.17. The molecule has 0 unspecified atom stereocenters. The van der Waals surface area contributed by atoms with Crippen molar-refractivity contribution in [1.82, 2.24) is 9.88 Å². The van der Waals surface area contributed by atoms with E-state index in [2.05, 4.69) is 10.3 Å². The van der Waals surface area contributed by atoms with Crippen molar-refractivity contribution in [3.8, 4) is 11.3 Å². The Morgan fingerprint density at radius 3 is 2.53 bits per heavy atom. The summed E-state index contributed by atoms with van der Waals surface area (Å²) >= 11 is 0. The van der Waals surface area contributed by atoms with Crippen molar-refractivity contribution < 1.29 is 18.9 Å². The first-order chi connectivity index (χ1) is 14.4. The summed E-state index contributed by atoms with van der Waals surface area (Å²) in [6.07, 6.45) is 0.733. The number of nitrogens with one attached hydrogen (secondary N) is 1. The summed E-state index contributed by atoms with van der Waals surface area (Å²) in [7, 11) is 0. The number of hydrogen-bond acceptors (Lipinski definition) is 5. The van der Waals surface area contributed by atoms with Gasteiger partial charge in [0.2, 0.25) is 5.82 Å². The van der Waals surface area contributed by atoms with Crippen molar-refractivity contribution >= 4 is 23.8 Å². The maximum atomic E-state index is 13.2. The van der Waals surface area contributed by atoms with Crippen LogP contribution in [0.4, 0.5) is 20.7 Å². The van der Waals surface area contributed by atoms with Crippen LogP contribution in [0.15, 0.2) is 54.6 Å². The highest BCUT2D eigenvalue weighted by Crippen LogP contribution is 2.29. The van der Waals surface area contributed by atoms with Gasteiger partial charge in [-0.1, -0.05) is 12.1 Å². The van der Waals surface area contributed by atoms with Crippen molar-refractivity contribution in [1.29, 1.82) is 0 Å². The molecule has 1 aromatic heterocycles. The number of aldehydes is 1. The molecular formula is C21H15FN4O4. The monoisotopic (exact) mass is 406 g/mol. The van der Waals surface area contributed by atoms with E-state index in [-0.39, 0.29) is 18.1 Å². The van der Waals surface area contributed by atoms with Crippen molar-refractivity contribution in [2.75, 3.05) is 5.32 Å².